The normalized spacial score (nSPS) is 20.5. The minimum absolute atomic E-state index is 0.0542. The van der Waals surface area contributed by atoms with E-state index in [9.17, 15) is 14.4 Å². The number of amides is 1. The van der Waals surface area contributed by atoms with Crippen LogP contribution in [0.5, 0.6) is 0 Å². The van der Waals surface area contributed by atoms with Gasteiger partial charge in [0.1, 0.15) is 11.7 Å². The zero-order valence-electron chi connectivity index (χ0n) is 15.1. The highest BCUT2D eigenvalue weighted by atomic mass is 16.2. The number of Topliss-reactive ketones (excluding diaryl/α,β-unsaturated/α-hetero) is 2. The van der Waals surface area contributed by atoms with Crippen molar-refractivity contribution in [3.8, 4) is 0 Å². The summed E-state index contributed by atoms with van der Waals surface area (Å²) in [5.41, 5.74) is 3.92. The molecule has 24 heavy (non-hydrogen) atoms. The molecular weight excluding hydrogens is 302 g/mol. The van der Waals surface area contributed by atoms with E-state index in [0.29, 0.717) is 6.54 Å². The first kappa shape index (κ1) is 18.4. The second kappa shape index (κ2) is 7.73. The van der Waals surface area contributed by atoms with Gasteiger partial charge < -0.3 is 5.32 Å². The molecule has 2 unspecified atom stereocenters. The molecule has 0 heterocycles. The van der Waals surface area contributed by atoms with Crippen LogP contribution in [0.25, 0.3) is 0 Å². The second-order valence-electron chi connectivity index (χ2n) is 6.92. The smallest absolute Gasteiger partial charge is 0.220 e. The standard InChI is InChI=1S/C20H27NO3/c1-5-6-7-21-17(23)11-15-10-16(22)19(20(15)24)18-13(3)8-12(2)9-14(18)4/h8-9,15,19H,5-7,10-11H2,1-4H3,(H,21,23). The van der Waals surface area contributed by atoms with Crippen LogP contribution in [-0.2, 0) is 14.4 Å². The maximum atomic E-state index is 12.8. The summed E-state index contributed by atoms with van der Waals surface area (Å²) >= 11 is 0. The first-order valence-electron chi connectivity index (χ1n) is 8.76. The Morgan fingerprint density at radius 1 is 1.17 bits per heavy atom. The zero-order chi connectivity index (χ0) is 17.9. The van der Waals surface area contributed by atoms with Gasteiger partial charge >= 0.3 is 0 Å². The van der Waals surface area contributed by atoms with E-state index in [1.807, 2.05) is 32.9 Å². The number of rotatable bonds is 6. The number of hydrogen-bond acceptors (Lipinski definition) is 3. The molecule has 4 nitrogen and oxygen atoms in total. The third kappa shape index (κ3) is 3.92. The fraction of sp³-hybridized carbons (Fsp3) is 0.550. The van der Waals surface area contributed by atoms with Crippen LogP contribution < -0.4 is 5.32 Å². The van der Waals surface area contributed by atoms with Crippen molar-refractivity contribution in [1.29, 1.82) is 0 Å². The lowest BCUT2D eigenvalue weighted by Crippen LogP contribution is -2.28. The maximum Gasteiger partial charge on any atom is 0.220 e. The predicted octanol–water partition coefficient (Wildman–Crippen LogP) is 3.16. The summed E-state index contributed by atoms with van der Waals surface area (Å²) in [6.45, 7) is 8.58. The molecule has 0 bridgehead atoms. The molecule has 1 aliphatic rings. The molecule has 130 valence electrons. The molecule has 0 spiro atoms. The fourth-order valence-corrected chi connectivity index (χ4v) is 3.68. The number of carbonyl (C=O) groups excluding carboxylic acids is 3. The highest BCUT2D eigenvalue weighted by molar-refractivity contribution is 6.15. The topological polar surface area (TPSA) is 63.2 Å². The van der Waals surface area contributed by atoms with Gasteiger partial charge in [-0.1, -0.05) is 31.0 Å². The van der Waals surface area contributed by atoms with Crippen molar-refractivity contribution >= 4 is 17.5 Å². The molecule has 1 aliphatic carbocycles. The third-order valence-electron chi connectivity index (χ3n) is 4.77. The lowest BCUT2D eigenvalue weighted by atomic mass is 9.86. The minimum atomic E-state index is -0.695. The summed E-state index contributed by atoms with van der Waals surface area (Å²) in [4.78, 5) is 37.2. The van der Waals surface area contributed by atoms with Crippen LogP contribution in [0.1, 0.15) is 60.8 Å². The number of aryl methyl sites for hydroxylation is 3. The molecule has 1 aromatic rings. The van der Waals surface area contributed by atoms with Gasteiger partial charge in [-0.2, -0.15) is 0 Å². The Balaban J connectivity index is 2.14. The van der Waals surface area contributed by atoms with Gasteiger partial charge in [-0.25, -0.2) is 0 Å². The van der Waals surface area contributed by atoms with E-state index >= 15 is 0 Å². The average molecular weight is 329 g/mol. The molecule has 1 amide bonds. The zero-order valence-corrected chi connectivity index (χ0v) is 15.1. The van der Waals surface area contributed by atoms with E-state index < -0.39 is 11.8 Å². The molecule has 4 heteroatoms. The predicted molar refractivity (Wildman–Crippen MR) is 94.0 cm³/mol. The van der Waals surface area contributed by atoms with Gasteiger partial charge in [0.2, 0.25) is 5.91 Å². The number of unbranched alkanes of at least 4 members (excludes halogenated alkanes) is 1. The summed E-state index contributed by atoms with van der Waals surface area (Å²) in [7, 11) is 0. The molecule has 0 radical (unpaired) electrons. The highest BCUT2D eigenvalue weighted by Crippen LogP contribution is 2.37. The highest BCUT2D eigenvalue weighted by Gasteiger charge is 2.43. The van der Waals surface area contributed by atoms with Crippen molar-refractivity contribution < 1.29 is 14.4 Å². The molecule has 1 aromatic carbocycles. The van der Waals surface area contributed by atoms with Gasteiger partial charge in [0.25, 0.3) is 0 Å². The van der Waals surface area contributed by atoms with Crippen LogP contribution >= 0.6 is 0 Å². The first-order valence-corrected chi connectivity index (χ1v) is 8.76. The van der Waals surface area contributed by atoms with Crippen LogP contribution in [-0.4, -0.2) is 24.0 Å². The third-order valence-corrected chi connectivity index (χ3v) is 4.77. The number of ketones is 2. The molecule has 0 aromatic heterocycles. The van der Waals surface area contributed by atoms with Crippen molar-refractivity contribution in [2.45, 2.75) is 59.3 Å². The molecule has 2 rings (SSSR count). The van der Waals surface area contributed by atoms with Crippen molar-refractivity contribution in [3.05, 3.63) is 34.4 Å². The summed E-state index contributed by atoms with van der Waals surface area (Å²) in [5, 5.41) is 2.83. The Kier molecular flexibility index (Phi) is 5.92. The van der Waals surface area contributed by atoms with Gasteiger partial charge in [-0.05, 0) is 43.9 Å². The van der Waals surface area contributed by atoms with Gasteiger partial charge in [-0.15, -0.1) is 0 Å². The molecule has 2 atom stereocenters. The van der Waals surface area contributed by atoms with Crippen LogP contribution in [0.4, 0.5) is 0 Å². The molecule has 0 saturated heterocycles. The van der Waals surface area contributed by atoms with E-state index in [4.69, 9.17) is 0 Å². The monoisotopic (exact) mass is 329 g/mol. The summed E-state index contributed by atoms with van der Waals surface area (Å²) in [5.74, 6) is -1.46. The number of carbonyl (C=O) groups is 3. The average Bonchev–Trinajstić information content (AvgIpc) is 2.74. The molecule has 0 aliphatic heterocycles. The SMILES string of the molecule is CCCCNC(=O)CC1CC(=O)C(c2c(C)cc(C)cc2C)C1=O. The Bertz CT molecular complexity index is 640. The van der Waals surface area contributed by atoms with Crippen LogP contribution in [0.15, 0.2) is 12.1 Å². The lowest BCUT2D eigenvalue weighted by Gasteiger charge is -2.16. The second-order valence-corrected chi connectivity index (χ2v) is 6.92. The fourth-order valence-electron chi connectivity index (χ4n) is 3.68. The van der Waals surface area contributed by atoms with E-state index in [1.165, 1.54) is 0 Å². The van der Waals surface area contributed by atoms with Crippen molar-refractivity contribution in [2.24, 2.45) is 5.92 Å². The van der Waals surface area contributed by atoms with Gasteiger partial charge in [0, 0.05) is 25.3 Å². The maximum absolute atomic E-state index is 12.8. The van der Waals surface area contributed by atoms with E-state index in [0.717, 1.165) is 35.1 Å². The van der Waals surface area contributed by atoms with Crippen molar-refractivity contribution in [3.63, 3.8) is 0 Å². The van der Waals surface area contributed by atoms with E-state index in [1.54, 1.807) is 0 Å². The van der Waals surface area contributed by atoms with Crippen molar-refractivity contribution in [2.75, 3.05) is 6.54 Å². The van der Waals surface area contributed by atoms with Crippen LogP contribution in [0, 0.1) is 26.7 Å². The van der Waals surface area contributed by atoms with Crippen molar-refractivity contribution in [1.82, 2.24) is 5.32 Å². The van der Waals surface area contributed by atoms with E-state index in [-0.39, 0.29) is 30.3 Å². The van der Waals surface area contributed by atoms with Gasteiger partial charge in [-0.3, -0.25) is 14.4 Å². The minimum Gasteiger partial charge on any atom is -0.356 e. The summed E-state index contributed by atoms with van der Waals surface area (Å²) in [6.07, 6.45) is 2.23. The summed E-state index contributed by atoms with van der Waals surface area (Å²) in [6, 6.07) is 4.02. The largest absolute Gasteiger partial charge is 0.356 e. The van der Waals surface area contributed by atoms with Crippen LogP contribution in [0.2, 0.25) is 0 Å². The van der Waals surface area contributed by atoms with Gasteiger partial charge in [0.05, 0.1) is 0 Å². The van der Waals surface area contributed by atoms with E-state index in [2.05, 4.69) is 12.2 Å². The molecule has 1 fully saturated rings. The Morgan fingerprint density at radius 2 is 1.79 bits per heavy atom. The first-order chi connectivity index (χ1) is 11.3. The summed E-state index contributed by atoms with van der Waals surface area (Å²) < 4.78 is 0. The Hall–Kier alpha value is -1.97. The number of nitrogens with one attached hydrogen (secondary N) is 1. The van der Waals surface area contributed by atoms with Crippen LogP contribution in [0.3, 0.4) is 0 Å². The number of hydrogen-bond donors (Lipinski definition) is 1. The Morgan fingerprint density at radius 3 is 2.38 bits per heavy atom. The Labute approximate surface area is 144 Å². The molecule has 1 N–H and O–H groups in total. The lowest BCUT2D eigenvalue weighted by molar-refractivity contribution is -0.128. The molecule has 1 saturated carbocycles. The number of benzene rings is 1. The quantitative estimate of drug-likeness (QED) is 0.644. The van der Waals surface area contributed by atoms with Gasteiger partial charge in [0.15, 0.2) is 5.78 Å². The molecular formula is C20H27NO3.